The van der Waals surface area contributed by atoms with Gasteiger partial charge in [0.15, 0.2) is 0 Å². The summed E-state index contributed by atoms with van der Waals surface area (Å²) < 4.78 is 8.47. The lowest BCUT2D eigenvalue weighted by Gasteiger charge is -2.19. The third-order valence-electron chi connectivity index (χ3n) is 2.87. The molecule has 0 spiro atoms. The van der Waals surface area contributed by atoms with Gasteiger partial charge in [0.25, 0.3) is 5.56 Å². The first-order valence-corrected chi connectivity index (χ1v) is 7.06. The highest BCUT2D eigenvalue weighted by Crippen LogP contribution is 2.29. The molecule has 1 aromatic rings. The third-order valence-corrected chi connectivity index (χ3v) is 4.77. The molecule has 2 rings (SSSR count). The fourth-order valence-electron chi connectivity index (χ4n) is 1.97. The van der Waals surface area contributed by atoms with Gasteiger partial charge in [-0.15, -0.1) is 0 Å². The van der Waals surface area contributed by atoms with Gasteiger partial charge in [0.2, 0.25) is 0 Å². The van der Waals surface area contributed by atoms with Crippen LogP contribution in [0.1, 0.15) is 26.7 Å². The number of aromatic nitrogens is 2. The maximum atomic E-state index is 11.9. The van der Waals surface area contributed by atoms with E-state index in [4.69, 9.17) is 4.74 Å². The summed E-state index contributed by atoms with van der Waals surface area (Å²) in [5.74, 6) is 0. The quantitative estimate of drug-likeness (QED) is 0.809. The Balaban J connectivity index is 2.16. The molecule has 1 saturated heterocycles. The average molecular weight is 366 g/mol. The molecule has 0 amide bonds. The zero-order valence-corrected chi connectivity index (χ0v) is 12.9. The first-order chi connectivity index (χ1) is 7.89. The molecule has 0 radical (unpaired) electrons. The van der Waals surface area contributed by atoms with Gasteiger partial charge in [0, 0.05) is 0 Å². The van der Waals surface area contributed by atoms with Gasteiger partial charge >= 0.3 is 0 Å². The topological polar surface area (TPSA) is 44.1 Å². The van der Waals surface area contributed by atoms with E-state index in [0.717, 1.165) is 12.8 Å². The Morgan fingerprint density at radius 1 is 1.59 bits per heavy atom. The molecule has 1 fully saturated rings. The van der Waals surface area contributed by atoms with Crippen molar-refractivity contribution in [3.05, 3.63) is 25.5 Å². The monoisotopic (exact) mass is 364 g/mol. The van der Waals surface area contributed by atoms with Crippen molar-refractivity contribution in [3.8, 4) is 0 Å². The molecule has 1 aromatic heterocycles. The fourth-order valence-corrected chi connectivity index (χ4v) is 2.54. The number of ether oxygens (including phenoxy) is 1. The molecule has 6 heteroatoms. The highest BCUT2D eigenvalue weighted by atomic mass is 79.9. The summed E-state index contributed by atoms with van der Waals surface area (Å²) in [6.45, 7) is 4.65. The van der Waals surface area contributed by atoms with Gasteiger partial charge in [-0.25, -0.2) is 4.68 Å². The molecular formula is C11H14Br2N2O2. The molecule has 2 heterocycles. The Labute approximate surface area is 117 Å². The minimum atomic E-state index is -0.132. The lowest BCUT2D eigenvalue weighted by molar-refractivity contribution is -0.0235. The van der Waals surface area contributed by atoms with Crippen molar-refractivity contribution in [2.45, 2.75) is 44.9 Å². The van der Waals surface area contributed by atoms with Crippen LogP contribution in [-0.2, 0) is 11.3 Å². The first kappa shape index (κ1) is 13.2. The van der Waals surface area contributed by atoms with Crippen molar-refractivity contribution >= 4 is 31.9 Å². The fraction of sp³-hybridized carbons (Fsp3) is 0.636. The second-order valence-corrected chi connectivity index (χ2v) is 6.48. The van der Waals surface area contributed by atoms with Crippen molar-refractivity contribution < 1.29 is 4.74 Å². The van der Waals surface area contributed by atoms with Crippen LogP contribution in [0.3, 0.4) is 0 Å². The van der Waals surface area contributed by atoms with E-state index in [2.05, 4.69) is 50.8 Å². The van der Waals surface area contributed by atoms with E-state index in [0.29, 0.717) is 15.5 Å². The van der Waals surface area contributed by atoms with Crippen LogP contribution >= 0.6 is 31.9 Å². The van der Waals surface area contributed by atoms with E-state index < -0.39 is 0 Å². The van der Waals surface area contributed by atoms with Crippen molar-refractivity contribution in [1.82, 2.24) is 9.78 Å². The lowest BCUT2D eigenvalue weighted by Crippen LogP contribution is -2.30. The standard InChI is InChI=1S/C11H14Br2N2O2/c1-11(2)4-3-7(17-11)6-15-10(16)9(13)8(12)5-14-15/h5,7H,3-4,6H2,1-2H3. The van der Waals surface area contributed by atoms with Gasteiger partial charge in [-0.3, -0.25) is 4.79 Å². The molecule has 1 atom stereocenters. The van der Waals surface area contributed by atoms with Crippen LogP contribution in [-0.4, -0.2) is 21.5 Å². The number of rotatable bonds is 2. The molecule has 0 aromatic carbocycles. The van der Waals surface area contributed by atoms with E-state index in [-0.39, 0.29) is 17.3 Å². The summed E-state index contributed by atoms with van der Waals surface area (Å²) in [7, 11) is 0. The van der Waals surface area contributed by atoms with Crippen LogP contribution in [0.5, 0.6) is 0 Å². The van der Waals surface area contributed by atoms with E-state index in [9.17, 15) is 4.79 Å². The van der Waals surface area contributed by atoms with Gasteiger partial charge in [-0.05, 0) is 58.5 Å². The molecule has 17 heavy (non-hydrogen) atoms. The first-order valence-electron chi connectivity index (χ1n) is 5.48. The summed E-state index contributed by atoms with van der Waals surface area (Å²) >= 11 is 6.50. The Morgan fingerprint density at radius 3 is 2.88 bits per heavy atom. The van der Waals surface area contributed by atoms with Crippen LogP contribution < -0.4 is 5.56 Å². The Kier molecular flexibility index (Phi) is 3.75. The van der Waals surface area contributed by atoms with Gasteiger partial charge in [-0.1, -0.05) is 0 Å². The second kappa shape index (κ2) is 4.82. The van der Waals surface area contributed by atoms with Crippen molar-refractivity contribution in [2.24, 2.45) is 0 Å². The van der Waals surface area contributed by atoms with E-state index in [1.807, 2.05) is 0 Å². The van der Waals surface area contributed by atoms with Crippen LogP contribution in [0.15, 0.2) is 19.9 Å². The predicted octanol–water partition coefficient (Wildman–Crippen LogP) is 2.73. The number of hydrogen-bond donors (Lipinski definition) is 0. The van der Waals surface area contributed by atoms with Crippen LogP contribution in [0.25, 0.3) is 0 Å². The molecule has 0 N–H and O–H groups in total. The minimum Gasteiger partial charge on any atom is -0.370 e. The summed E-state index contributed by atoms with van der Waals surface area (Å²) in [6, 6.07) is 0. The van der Waals surface area contributed by atoms with Crippen LogP contribution in [0.2, 0.25) is 0 Å². The Bertz CT molecular complexity index is 485. The SMILES string of the molecule is CC1(C)CCC(Cn2ncc(Br)c(Br)c2=O)O1. The molecule has 1 aliphatic heterocycles. The largest absolute Gasteiger partial charge is 0.370 e. The number of hydrogen-bond acceptors (Lipinski definition) is 3. The van der Waals surface area contributed by atoms with Gasteiger partial charge in [-0.2, -0.15) is 5.10 Å². The molecule has 4 nitrogen and oxygen atoms in total. The van der Waals surface area contributed by atoms with Crippen LogP contribution in [0.4, 0.5) is 0 Å². The Morgan fingerprint density at radius 2 is 2.29 bits per heavy atom. The van der Waals surface area contributed by atoms with Crippen molar-refractivity contribution in [3.63, 3.8) is 0 Å². The molecule has 0 saturated carbocycles. The summed E-state index contributed by atoms with van der Waals surface area (Å²) in [6.07, 6.45) is 3.67. The lowest BCUT2D eigenvalue weighted by atomic mass is 10.1. The van der Waals surface area contributed by atoms with Crippen molar-refractivity contribution in [1.29, 1.82) is 0 Å². The second-order valence-electron chi connectivity index (χ2n) is 4.83. The molecule has 1 aliphatic rings. The summed E-state index contributed by atoms with van der Waals surface area (Å²) in [5, 5.41) is 4.10. The van der Waals surface area contributed by atoms with Gasteiger partial charge in [0.1, 0.15) is 4.47 Å². The van der Waals surface area contributed by atoms with Crippen LogP contribution in [0, 0.1) is 0 Å². The molecule has 0 aliphatic carbocycles. The van der Waals surface area contributed by atoms with E-state index in [1.165, 1.54) is 4.68 Å². The summed E-state index contributed by atoms with van der Waals surface area (Å²) in [5.41, 5.74) is -0.214. The highest BCUT2D eigenvalue weighted by molar-refractivity contribution is 9.13. The Hall–Kier alpha value is -0.200. The maximum Gasteiger partial charge on any atom is 0.282 e. The predicted molar refractivity (Wildman–Crippen MR) is 72.1 cm³/mol. The minimum absolute atomic E-state index is 0.0725. The third kappa shape index (κ3) is 2.98. The van der Waals surface area contributed by atoms with E-state index in [1.54, 1.807) is 6.20 Å². The zero-order chi connectivity index (χ0) is 12.6. The molecule has 94 valence electrons. The zero-order valence-electron chi connectivity index (χ0n) is 9.74. The molecule has 1 unspecified atom stereocenters. The highest BCUT2D eigenvalue weighted by Gasteiger charge is 2.32. The average Bonchev–Trinajstić information content (AvgIpc) is 2.59. The molecule has 0 bridgehead atoms. The van der Waals surface area contributed by atoms with Gasteiger partial charge < -0.3 is 4.74 Å². The van der Waals surface area contributed by atoms with Crippen molar-refractivity contribution in [2.75, 3.05) is 0 Å². The smallest absolute Gasteiger partial charge is 0.282 e. The van der Waals surface area contributed by atoms with E-state index >= 15 is 0 Å². The molecular weight excluding hydrogens is 352 g/mol. The number of nitrogens with zero attached hydrogens (tertiary/aromatic N) is 2. The summed E-state index contributed by atoms with van der Waals surface area (Å²) in [4.78, 5) is 11.9. The maximum absolute atomic E-state index is 11.9. The normalized spacial score (nSPS) is 22.9. The number of halogens is 2. The van der Waals surface area contributed by atoms with Gasteiger partial charge in [0.05, 0.1) is 28.9 Å².